The molecule has 0 aromatic carbocycles. The lowest BCUT2D eigenvalue weighted by atomic mass is 10.1. The number of likely N-dealkylation sites (N-methyl/N-ethyl adjacent to an activating group) is 2. The van der Waals surface area contributed by atoms with Gasteiger partial charge in [0.15, 0.2) is 0 Å². The molecule has 1 atom stereocenters. The Morgan fingerprint density at radius 3 is 2.39 bits per heavy atom. The van der Waals surface area contributed by atoms with Crippen molar-refractivity contribution in [3.05, 3.63) is 18.0 Å². The average Bonchev–Trinajstić information content (AvgIpc) is 2.77. The fraction of sp³-hybridized carbons (Fsp3) is 0.769. The normalized spacial score (nSPS) is 13.8. The third-order valence-electron chi connectivity index (χ3n) is 3.19. The molecule has 0 aliphatic heterocycles. The van der Waals surface area contributed by atoms with Crippen molar-refractivity contribution in [2.45, 2.75) is 25.9 Å². The molecule has 1 aromatic rings. The first kappa shape index (κ1) is 15.1. The van der Waals surface area contributed by atoms with Crippen molar-refractivity contribution < 1.29 is 0 Å². The molecule has 2 N–H and O–H groups in total. The minimum atomic E-state index is 0.248. The van der Waals surface area contributed by atoms with E-state index < -0.39 is 0 Å². The smallest absolute Gasteiger partial charge is 0.0538 e. The Kier molecular flexibility index (Phi) is 5.78. The second-order valence-corrected chi connectivity index (χ2v) is 5.38. The van der Waals surface area contributed by atoms with E-state index >= 15 is 0 Å². The molecule has 1 aromatic heterocycles. The summed E-state index contributed by atoms with van der Waals surface area (Å²) >= 11 is 0. The SMILES string of the molecule is CC(C)n1cc(C(CN)N(C)CCN(C)C)cn1. The molecule has 5 nitrogen and oxygen atoms in total. The van der Waals surface area contributed by atoms with Gasteiger partial charge in [-0.05, 0) is 35.0 Å². The van der Waals surface area contributed by atoms with Crippen LogP contribution < -0.4 is 5.73 Å². The molecular weight excluding hydrogens is 226 g/mol. The second-order valence-electron chi connectivity index (χ2n) is 5.38. The quantitative estimate of drug-likeness (QED) is 0.786. The highest BCUT2D eigenvalue weighted by atomic mass is 15.3. The van der Waals surface area contributed by atoms with Gasteiger partial charge < -0.3 is 10.6 Å². The van der Waals surface area contributed by atoms with Crippen molar-refractivity contribution in [2.75, 3.05) is 40.8 Å². The molecule has 0 spiro atoms. The second kappa shape index (κ2) is 6.87. The zero-order valence-corrected chi connectivity index (χ0v) is 12.3. The summed E-state index contributed by atoms with van der Waals surface area (Å²) in [6, 6.07) is 0.640. The molecule has 1 unspecified atom stereocenters. The number of nitrogens with zero attached hydrogens (tertiary/aromatic N) is 4. The van der Waals surface area contributed by atoms with Crippen LogP contribution in [0.1, 0.15) is 31.5 Å². The molecule has 0 amide bonds. The lowest BCUT2D eigenvalue weighted by Crippen LogP contribution is -2.35. The standard InChI is InChI=1S/C13H27N5/c1-11(2)18-10-12(9-15-18)13(8-14)17(5)7-6-16(3)4/h9-11,13H,6-8,14H2,1-5H3. The van der Waals surface area contributed by atoms with Gasteiger partial charge in [0.2, 0.25) is 0 Å². The van der Waals surface area contributed by atoms with Crippen LogP contribution in [0.2, 0.25) is 0 Å². The Morgan fingerprint density at radius 1 is 1.28 bits per heavy atom. The van der Waals surface area contributed by atoms with Crippen LogP contribution in [0.15, 0.2) is 12.4 Å². The van der Waals surface area contributed by atoms with E-state index in [1.807, 2.05) is 10.9 Å². The molecule has 0 fully saturated rings. The molecule has 0 aliphatic carbocycles. The fourth-order valence-electron chi connectivity index (χ4n) is 1.89. The van der Waals surface area contributed by atoms with Gasteiger partial charge in [-0.1, -0.05) is 0 Å². The largest absolute Gasteiger partial charge is 0.329 e. The van der Waals surface area contributed by atoms with Crippen molar-refractivity contribution in [2.24, 2.45) is 5.73 Å². The number of hydrogen-bond acceptors (Lipinski definition) is 4. The molecule has 0 radical (unpaired) electrons. The van der Waals surface area contributed by atoms with Crippen LogP contribution in [0.5, 0.6) is 0 Å². The Labute approximate surface area is 111 Å². The maximum absolute atomic E-state index is 5.91. The highest BCUT2D eigenvalue weighted by molar-refractivity contribution is 5.11. The summed E-state index contributed by atoms with van der Waals surface area (Å²) in [5.74, 6) is 0. The van der Waals surface area contributed by atoms with E-state index in [1.54, 1.807) is 0 Å². The van der Waals surface area contributed by atoms with Crippen LogP contribution >= 0.6 is 0 Å². The zero-order chi connectivity index (χ0) is 13.7. The van der Waals surface area contributed by atoms with Gasteiger partial charge in [-0.3, -0.25) is 9.58 Å². The minimum absolute atomic E-state index is 0.248. The van der Waals surface area contributed by atoms with E-state index in [1.165, 1.54) is 5.56 Å². The Bertz CT molecular complexity index is 345. The number of rotatable bonds is 7. The molecule has 5 heteroatoms. The molecular formula is C13H27N5. The molecule has 1 heterocycles. The Morgan fingerprint density at radius 2 is 1.94 bits per heavy atom. The van der Waals surface area contributed by atoms with Crippen molar-refractivity contribution in [1.29, 1.82) is 0 Å². The van der Waals surface area contributed by atoms with Gasteiger partial charge in [-0.15, -0.1) is 0 Å². The third kappa shape index (κ3) is 4.08. The van der Waals surface area contributed by atoms with Crippen LogP contribution in [-0.2, 0) is 0 Å². The number of aromatic nitrogens is 2. The van der Waals surface area contributed by atoms with E-state index in [0.717, 1.165) is 13.1 Å². The van der Waals surface area contributed by atoms with Gasteiger partial charge in [-0.2, -0.15) is 5.10 Å². The first-order valence-electron chi connectivity index (χ1n) is 6.54. The highest BCUT2D eigenvalue weighted by Gasteiger charge is 2.17. The Balaban J connectivity index is 2.69. The van der Waals surface area contributed by atoms with Crippen molar-refractivity contribution in [3.63, 3.8) is 0 Å². The molecule has 18 heavy (non-hydrogen) atoms. The zero-order valence-electron chi connectivity index (χ0n) is 12.3. The maximum atomic E-state index is 5.91. The van der Waals surface area contributed by atoms with Gasteiger partial charge in [0.25, 0.3) is 0 Å². The first-order chi connectivity index (χ1) is 8.45. The summed E-state index contributed by atoms with van der Waals surface area (Å²) in [6.07, 6.45) is 4.04. The maximum Gasteiger partial charge on any atom is 0.0538 e. The van der Waals surface area contributed by atoms with E-state index in [4.69, 9.17) is 5.73 Å². The van der Waals surface area contributed by atoms with E-state index in [9.17, 15) is 0 Å². The average molecular weight is 253 g/mol. The summed E-state index contributed by atoms with van der Waals surface area (Å²) in [5, 5.41) is 4.39. The van der Waals surface area contributed by atoms with E-state index in [-0.39, 0.29) is 6.04 Å². The molecule has 1 rings (SSSR count). The van der Waals surface area contributed by atoms with E-state index in [0.29, 0.717) is 12.6 Å². The fourth-order valence-corrected chi connectivity index (χ4v) is 1.89. The number of nitrogens with two attached hydrogens (primary N) is 1. The van der Waals surface area contributed by atoms with Crippen LogP contribution in [0.3, 0.4) is 0 Å². The molecule has 104 valence electrons. The van der Waals surface area contributed by atoms with Gasteiger partial charge in [0.05, 0.1) is 6.20 Å². The predicted molar refractivity (Wildman–Crippen MR) is 75.6 cm³/mol. The summed E-state index contributed by atoms with van der Waals surface area (Å²) in [6.45, 7) is 6.91. The summed E-state index contributed by atoms with van der Waals surface area (Å²) < 4.78 is 1.98. The Hall–Kier alpha value is -0.910. The van der Waals surface area contributed by atoms with Crippen LogP contribution in [-0.4, -0.2) is 60.4 Å². The predicted octanol–water partition coefficient (Wildman–Crippen LogP) is 0.957. The molecule has 0 bridgehead atoms. The van der Waals surface area contributed by atoms with Crippen LogP contribution in [0.25, 0.3) is 0 Å². The number of hydrogen-bond donors (Lipinski definition) is 1. The summed E-state index contributed by atoms with van der Waals surface area (Å²) in [7, 11) is 6.29. The summed E-state index contributed by atoms with van der Waals surface area (Å²) in [5.41, 5.74) is 7.11. The van der Waals surface area contributed by atoms with Crippen molar-refractivity contribution >= 4 is 0 Å². The molecule has 0 aliphatic rings. The van der Waals surface area contributed by atoms with Gasteiger partial charge in [0, 0.05) is 43.5 Å². The van der Waals surface area contributed by atoms with Gasteiger partial charge in [-0.25, -0.2) is 0 Å². The monoisotopic (exact) mass is 253 g/mol. The lowest BCUT2D eigenvalue weighted by molar-refractivity contribution is 0.222. The van der Waals surface area contributed by atoms with Crippen LogP contribution in [0, 0.1) is 0 Å². The minimum Gasteiger partial charge on any atom is -0.329 e. The first-order valence-corrected chi connectivity index (χ1v) is 6.54. The van der Waals surface area contributed by atoms with Crippen molar-refractivity contribution in [1.82, 2.24) is 19.6 Å². The molecule has 0 saturated carbocycles. The van der Waals surface area contributed by atoms with Crippen molar-refractivity contribution in [3.8, 4) is 0 Å². The van der Waals surface area contributed by atoms with Gasteiger partial charge >= 0.3 is 0 Å². The lowest BCUT2D eigenvalue weighted by Gasteiger charge is -2.27. The molecule has 0 saturated heterocycles. The highest BCUT2D eigenvalue weighted by Crippen LogP contribution is 2.18. The third-order valence-corrected chi connectivity index (χ3v) is 3.19. The summed E-state index contributed by atoms with van der Waals surface area (Å²) in [4.78, 5) is 4.48. The van der Waals surface area contributed by atoms with E-state index in [2.05, 4.69) is 56.1 Å². The van der Waals surface area contributed by atoms with Gasteiger partial charge in [0.1, 0.15) is 0 Å². The topological polar surface area (TPSA) is 50.3 Å². The van der Waals surface area contributed by atoms with Crippen LogP contribution in [0.4, 0.5) is 0 Å².